The van der Waals surface area contributed by atoms with Crippen LogP contribution >= 0.6 is 23.4 Å². The first-order chi connectivity index (χ1) is 37.9. The van der Waals surface area contributed by atoms with Crippen molar-refractivity contribution < 1.29 is 61.6 Å². The number of aromatic nitrogens is 2. The molecule has 1 unspecified atom stereocenters. The summed E-state index contributed by atoms with van der Waals surface area (Å²) in [5, 5.41) is 8.90. The summed E-state index contributed by atoms with van der Waals surface area (Å²) in [6, 6.07) is 12.4. The quantitative estimate of drug-likeness (QED) is 0.0217. The maximum absolute atomic E-state index is 13.7. The highest BCUT2D eigenvalue weighted by Gasteiger charge is 2.34. The average Bonchev–Trinajstić information content (AvgIpc) is 3.47. The van der Waals surface area contributed by atoms with E-state index in [1.807, 2.05) is 11.0 Å². The fourth-order valence-electron chi connectivity index (χ4n) is 9.15. The molecule has 78 heavy (non-hydrogen) atoms. The van der Waals surface area contributed by atoms with Gasteiger partial charge in [0.15, 0.2) is 6.29 Å². The number of halogens is 2. The smallest absolute Gasteiger partial charge is 0.255 e. The number of likely N-dealkylation sites (N-methyl/N-ethyl adjacent to an activating group) is 1. The summed E-state index contributed by atoms with van der Waals surface area (Å²) >= 11 is 7.36. The Labute approximate surface area is 461 Å². The SMILES string of the molecule is COc1cc2ncnc(Nc3ccc(F)c(Cl)c3)c2cc1NC(=O)/C=C/CN1CCC(N2CCN(C(=O)COCCOCCOCCOCCOCCSc3cccc(C(=O)N(C)C4CCC(=O)NC4=O)c3C=O)CC2)CC1. The van der Waals surface area contributed by atoms with Crippen LogP contribution in [-0.2, 0) is 42.9 Å². The number of methoxy groups -OCH3 is 1. The number of hydrogen-bond acceptors (Lipinski definition) is 18. The highest BCUT2D eigenvalue weighted by Crippen LogP contribution is 2.34. The molecule has 0 spiro atoms. The highest BCUT2D eigenvalue weighted by atomic mass is 35.5. The van der Waals surface area contributed by atoms with Crippen LogP contribution in [-0.4, -0.2) is 209 Å². The number of benzene rings is 3. The predicted molar refractivity (Wildman–Crippen MR) is 291 cm³/mol. The fraction of sp³-hybridized carbons (Fsp3) is 0.481. The minimum absolute atomic E-state index is 0.00655. The third-order valence-corrected chi connectivity index (χ3v) is 14.7. The summed E-state index contributed by atoms with van der Waals surface area (Å²) in [4.78, 5) is 92.2. The molecule has 5 amide bonds. The van der Waals surface area contributed by atoms with Gasteiger partial charge in [-0.25, -0.2) is 14.4 Å². The van der Waals surface area contributed by atoms with Gasteiger partial charge in [-0.3, -0.25) is 43.9 Å². The number of ether oxygens (including phenoxy) is 6. The van der Waals surface area contributed by atoms with Crippen LogP contribution in [0, 0.1) is 5.82 Å². The van der Waals surface area contributed by atoms with Gasteiger partial charge >= 0.3 is 0 Å². The van der Waals surface area contributed by atoms with E-state index in [1.165, 1.54) is 55.4 Å². The van der Waals surface area contributed by atoms with Crippen molar-refractivity contribution in [3.8, 4) is 5.75 Å². The van der Waals surface area contributed by atoms with Gasteiger partial charge < -0.3 is 48.9 Å². The summed E-state index contributed by atoms with van der Waals surface area (Å²) in [5.74, 6) is -0.827. The molecule has 3 aliphatic rings. The lowest BCUT2D eigenvalue weighted by molar-refractivity contribution is -0.139. The lowest BCUT2D eigenvalue weighted by atomic mass is 10.0. The normalized spacial score (nSPS) is 16.6. The number of nitrogens with one attached hydrogen (secondary N) is 3. The molecule has 0 aliphatic carbocycles. The topological polar surface area (TPSA) is 233 Å². The summed E-state index contributed by atoms with van der Waals surface area (Å²) < 4.78 is 47.3. The van der Waals surface area contributed by atoms with Crippen molar-refractivity contribution in [3.63, 3.8) is 0 Å². The zero-order valence-electron chi connectivity index (χ0n) is 43.9. The molecular weight excluding hydrogens is 1050 g/mol. The zero-order chi connectivity index (χ0) is 55.2. The second-order valence-corrected chi connectivity index (χ2v) is 20.0. The molecule has 7 rings (SSSR count). The second kappa shape index (κ2) is 30.9. The van der Waals surface area contributed by atoms with Gasteiger partial charge in [-0.05, 0) is 68.8 Å². The molecule has 24 heteroatoms. The number of amides is 5. The monoisotopic (exact) mass is 1120 g/mol. The van der Waals surface area contributed by atoms with Crippen molar-refractivity contribution in [3.05, 3.63) is 89.0 Å². The van der Waals surface area contributed by atoms with Crippen molar-refractivity contribution in [2.75, 3.05) is 142 Å². The number of piperidine rings is 2. The summed E-state index contributed by atoms with van der Waals surface area (Å²) in [6.45, 7) is 8.70. The minimum Gasteiger partial charge on any atom is -0.494 e. The Morgan fingerprint density at radius 1 is 0.872 bits per heavy atom. The van der Waals surface area contributed by atoms with E-state index in [4.69, 9.17) is 40.0 Å². The molecule has 0 bridgehead atoms. The second-order valence-electron chi connectivity index (χ2n) is 18.5. The molecule has 1 aromatic heterocycles. The number of piperazine rings is 1. The van der Waals surface area contributed by atoms with Crippen LogP contribution in [0.4, 0.5) is 21.6 Å². The van der Waals surface area contributed by atoms with E-state index >= 15 is 0 Å². The molecule has 4 heterocycles. The maximum atomic E-state index is 13.7. The Bertz CT molecular complexity index is 2730. The van der Waals surface area contributed by atoms with Gasteiger partial charge in [0.2, 0.25) is 23.6 Å². The van der Waals surface area contributed by atoms with Gasteiger partial charge in [-0.15, -0.1) is 11.8 Å². The molecule has 21 nitrogen and oxygen atoms in total. The Morgan fingerprint density at radius 3 is 2.23 bits per heavy atom. The molecule has 420 valence electrons. The van der Waals surface area contributed by atoms with Crippen LogP contribution < -0.4 is 20.7 Å². The van der Waals surface area contributed by atoms with Gasteiger partial charge in [-0.1, -0.05) is 23.7 Å². The predicted octanol–water partition coefficient (Wildman–Crippen LogP) is 4.84. The molecular formula is C54H67ClFN9O12S. The van der Waals surface area contributed by atoms with Crippen LogP contribution in [0.2, 0.25) is 5.02 Å². The van der Waals surface area contributed by atoms with E-state index < -0.39 is 23.7 Å². The molecule has 3 aliphatic heterocycles. The molecule has 3 saturated heterocycles. The van der Waals surface area contributed by atoms with Crippen molar-refractivity contribution in [1.82, 2.24) is 34.9 Å². The fourth-order valence-corrected chi connectivity index (χ4v) is 10.2. The molecule has 4 aromatic rings. The number of hydrogen-bond donors (Lipinski definition) is 3. The van der Waals surface area contributed by atoms with Crippen LogP contribution in [0.15, 0.2) is 71.9 Å². The van der Waals surface area contributed by atoms with Gasteiger partial charge in [0.1, 0.15) is 36.4 Å². The van der Waals surface area contributed by atoms with E-state index in [0.29, 0.717) is 136 Å². The molecule has 0 radical (unpaired) electrons. The van der Waals surface area contributed by atoms with Crippen LogP contribution in [0.1, 0.15) is 46.4 Å². The number of carbonyl (C=O) groups excluding carboxylic acids is 6. The number of rotatable bonds is 29. The van der Waals surface area contributed by atoms with E-state index in [0.717, 1.165) is 39.0 Å². The van der Waals surface area contributed by atoms with Crippen molar-refractivity contribution in [2.24, 2.45) is 0 Å². The van der Waals surface area contributed by atoms with E-state index in [2.05, 4.69) is 35.7 Å². The number of likely N-dealkylation sites (tertiary alicyclic amines) is 1. The Kier molecular flexibility index (Phi) is 23.5. The van der Waals surface area contributed by atoms with Gasteiger partial charge in [0, 0.05) is 91.7 Å². The Balaban J connectivity index is 0.667. The third kappa shape index (κ3) is 17.4. The van der Waals surface area contributed by atoms with Gasteiger partial charge in [-0.2, -0.15) is 0 Å². The number of thioether (sulfide) groups is 1. The Hall–Kier alpha value is -6.15. The van der Waals surface area contributed by atoms with Crippen LogP contribution in [0.25, 0.3) is 10.9 Å². The maximum Gasteiger partial charge on any atom is 0.255 e. The first-order valence-corrected chi connectivity index (χ1v) is 27.3. The highest BCUT2D eigenvalue weighted by molar-refractivity contribution is 7.99. The largest absolute Gasteiger partial charge is 0.494 e. The van der Waals surface area contributed by atoms with E-state index in [1.54, 1.807) is 36.4 Å². The molecule has 0 saturated carbocycles. The third-order valence-electron chi connectivity index (χ3n) is 13.4. The molecule has 3 aromatic carbocycles. The lowest BCUT2D eigenvalue weighted by Crippen LogP contribution is -2.54. The number of anilines is 3. The number of aldehydes is 1. The Morgan fingerprint density at radius 2 is 1.56 bits per heavy atom. The summed E-state index contributed by atoms with van der Waals surface area (Å²) in [5.41, 5.74) is 1.99. The first-order valence-electron chi connectivity index (χ1n) is 25.9. The van der Waals surface area contributed by atoms with Crippen LogP contribution in [0.3, 0.4) is 0 Å². The number of nitrogens with zero attached hydrogens (tertiary/aromatic N) is 6. The minimum atomic E-state index is -0.793. The van der Waals surface area contributed by atoms with E-state index in [9.17, 15) is 33.2 Å². The van der Waals surface area contributed by atoms with Crippen molar-refractivity contribution in [2.45, 2.75) is 42.7 Å². The first kappa shape index (κ1) is 59.5. The number of fused-ring (bicyclic) bond motifs is 1. The number of carbonyl (C=O) groups is 6. The van der Waals surface area contributed by atoms with Crippen molar-refractivity contribution >= 4 is 87.3 Å². The number of imide groups is 1. The molecule has 1 atom stereocenters. The van der Waals surface area contributed by atoms with Gasteiger partial charge in [0.05, 0.1) is 88.4 Å². The summed E-state index contributed by atoms with van der Waals surface area (Å²) in [7, 11) is 3.00. The zero-order valence-corrected chi connectivity index (χ0v) is 45.5. The van der Waals surface area contributed by atoms with Crippen molar-refractivity contribution in [1.29, 1.82) is 0 Å². The molecule has 3 fully saturated rings. The van der Waals surface area contributed by atoms with E-state index in [-0.39, 0.29) is 53.3 Å². The standard InChI is InChI=1S/C54H67ClFN9O12S/c1-62(46-10-11-50(68)61-53(46)70)54(71)39-5-3-6-48(41(39)34-66)78-30-29-76-26-25-74-22-21-73-23-24-75-27-28-77-35-51(69)65-19-17-64(18-20-65)38-12-15-63(16-13-38)14-4-7-49(67)60-45-32-40-44(33-47(45)72-2)57-36-58-52(40)59-37-8-9-43(56)42(55)31-37/h3-9,31-34,36,38,46H,10-30,35H2,1-2H3,(H,60,67)(H,57,58,59)(H,61,68,70)/b7-4+. The van der Waals surface area contributed by atoms with Crippen LogP contribution in [0.5, 0.6) is 5.75 Å². The average molecular weight is 1120 g/mol. The van der Waals surface area contributed by atoms with Gasteiger partial charge in [0.25, 0.3) is 5.91 Å². The summed E-state index contributed by atoms with van der Waals surface area (Å²) in [6.07, 6.45) is 7.77. The molecule has 3 N–H and O–H groups in total. The lowest BCUT2D eigenvalue weighted by Gasteiger charge is -2.42.